The fraction of sp³-hybridized carbons (Fsp3) is 0.711. The minimum absolute atomic E-state index is 0.0106. The van der Waals surface area contributed by atoms with Gasteiger partial charge in [-0.2, -0.15) is 0 Å². The number of ketones is 1. The van der Waals surface area contributed by atoms with Gasteiger partial charge in [-0.05, 0) is 102 Å². The molecule has 236 valence electrons. The molecule has 5 fully saturated rings. The third kappa shape index (κ3) is 2.82. The number of Topliss-reactive ketones (excluding diaryl/α,β-unsaturated/α-hetero) is 1. The Morgan fingerprint density at radius 2 is 1.77 bits per heavy atom. The van der Waals surface area contributed by atoms with E-state index in [1.165, 1.54) is 22.2 Å². The number of fused-ring (bicyclic) bond motifs is 10. The highest BCUT2D eigenvalue weighted by Crippen LogP contribution is 2.75. The SMILES string of the molecule is C=C(C)C1OC2CC[C@@]3(C)[C@@](O)(CC[C@H]4Cc5c([nH]c6ccc7c(c56)CC5C(C7=O)C(C)(C)OC5(C)C)[C@@]43C)[C@]23O[C@@H]3[C@@H]1C. The number of hydrogen-bond donors (Lipinski definition) is 2. The van der Waals surface area contributed by atoms with E-state index in [-0.39, 0.29) is 52.9 Å². The maximum atomic E-state index is 14.2. The van der Waals surface area contributed by atoms with E-state index in [0.29, 0.717) is 5.92 Å². The van der Waals surface area contributed by atoms with Gasteiger partial charge in [-0.3, -0.25) is 4.79 Å². The molecule has 1 aromatic carbocycles. The molecule has 2 saturated carbocycles. The van der Waals surface area contributed by atoms with Crippen LogP contribution in [0.5, 0.6) is 0 Å². The molecule has 3 aliphatic heterocycles. The number of hydrogen-bond acceptors (Lipinski definition) is 5. The first-order chi connectivity index (χ1) is 20.5. The zero-order valence-electron chi connectivity index (χ0n) is 27.7. The third-order valence-electron chi connectivity index (χ3n) is 14.9. The largest absolute Gasteiger partial charge is 0.386 e. The van der Waals surface area contributed by atoms with Gasteiger partial charge in [-0.1, -0.05) is 32.9 Å². The fourth-order valence-corrected chi connectivity index (χ4v) is 12.8. The lowest BCUT2D eigenvalue weighted by Crippen LogP contribution is -2.75. The van der Waals surface area contributed by atoms with E-state index in [1.54, 1.807) is 0 Å². The first-order valence-electron chi connectivity index (χ1n) is 17.2. The molecule has 0 radical (unpaired) electrons. The molecule has 1 spiro atoms. The highest BCUT2D eigenvalue weighted by molar-refractivity contribution is 6.06. The van der Waals surface area contributed by atoms with Crippen molar-refractivity contribution in [1.29, 1.82) is 0 Å². The van der Waals surface area contributed by atoms with Gasteiger partial charge >= 0.3 is 0 Å². The Morgan fingerprint density at radius 3 is 2.50 bits per heavy atom. The number of aromatic nitrogens is 1. The summed E-state index contributed by atoms with van der Waals surface area (Å²) >= 11 is 0. The molecule has 7 aliphatic rings. The summed E-state index contributed by atoms with van der Waals surface area (Å²) < 4.78 is 20.0. The highest BCUT2D eigenvalue weighted by Gasteiger charge is 2.85. The molecule has 4 unspecified atom stereocenters. The van der Waals surface area contributed by atoms with Crippen LogP contribution in [0.4, 0.5) is 0 Å². The number of epoxide rings is 1. The van der Waals surface area contributed by atoms with Crippen LogP contribution in [0.2, 0.25) is 0 Å². The Balaban J connectivity index is 1.18. The Hall–Kier alpha value is -1.99. The second-order valence-electron chi connectivity index (χ2n) is 17.4. The number of carbonyl (C=O) groups excluding carboxylic acids is 1. The average molecular weight is 600 g/mol. The molecule has 4 heterocycles. The van der Waals surface area contributed by atoms with Crippen molar-refractivity contribution in [2.45, 2.75) is 140 Å². The van der Waals surface area contributed by atoms with Crippen LogP contribution in [0.3, 0.4) is 0 Å². The average Bonchev–Trinajstić information content (AvgIpc) is 3.44. The number of aliphatic hydroxyl groups is 1. The first kappa shape index (κ1) is 28.3. The van der Waals surface area contributed by atoms with Crippen LogP contribution < -0.4 is 0 Å². The van der Waals surface area contributed by atoms with Crippen molar-refractivity contribution in [3.8, 4) is 0 Å². The minimum atomic E-state index is -0.995. The zero-order chi connectivity index (χ0) is 31.1. The summed E-state index contributed by atoms with van der Waals surface area (Å²) in [5.74, 6) is 0.830. The Kier molecular flexibility index (Phi) is 5.09. The predicted molar refractivity (Wildman–Crippen MR) is 169 cm³/mol. The topological polar surface area (TPSA) is 84.1 Å². The van der Waals surface area contributed by atoms with Gasteiger partial charge in [0.05, 0.1) is 35.4 Å². The molecule has 9 rings (SSSR count). The van der Waals surface area contributed by atoms with Crippen LogP contribution in [0.15, 0.2) is 24.3 Å². The molecule has 6 heteroatoms. The van der Waals surface area contributed by atoms with Gasteiger partial charge in [-0.15, -0.1) is 0 Å². The number of ether oxygens (including phenoxy) is 3. The lowest BCUT2D eigenvalue weighted by molar-refractivity contribution is -0.262. The fourth-order valence-electron chi connectivity index (χ4n) is 12.8. The molecular formula is C38H49NO5. The summed E-state index contributed by atoms with van der Waals surface area (Å²) in [5, 5.41) is 14.4. The van der Waals surface area contributed by atoms with Gasteiger partial charge in [0.25, 0.3) is 0 Å². The predicted octanol–water partition coefficient (Wildman–Crippen LogP) is 6.60. The molecule has 1 aromatic heterocycles. The summed E-state index contributed by atoms with van der Waals surface area (Å²) in [6, 6.07) is 4.20. The van der Waals surface area contributed by atoms with Crippen LogP contribution >= 0.6 is 0 Å². The quantitative estimate of drug-likeness (QED) is 0.285. The molecular weight excluding hydrogens is 550 g/mol. The smallest absolute Gasteiger partial charge is 0.169 e. The van der Waals surface area contributed by atoms with Crippen LogP contribution in [0.25, 0.3) is 10.9 Å². The number of H-pyrrole nitrogens is 1. The van der Waals surface area contributed by atoms with Crippen molar-refractivity contribution in [1.82, 2.24) is 4.98 Å². The summed E-state index contributed by atoms with van der Waals surface area (Å²) in [7, 11) is 0. The van der Waals surface area contributed by atoms with E-state index in [1.807, 2.05) is 0 Å². The monoisotopic (exact) mass is 599 g/mol. The molecule has 11 atom stereocenters. The highest BCUT2D eigenvalue weighted by atomic mass is 16.7. The summed E-state index contributed by atoms with van der Waals surface area (Å²) in [6.07, 6.45) is 5.12. The molecule has 2 N–H and O–H groups in total. The van der Waals surface area contributed by atoms with Crippen molar-refractivity contribution in [2.75, 3.05) is 0 Å². The van der Waals surface area contributed by atoms with Gasteiger partial charge in [0.2, 0.25) is 0 Å². The van der Waals surface area contributed by atoms with E-state index in [4.69, 9.17) is 14.2 Å². The second kappa shape index (κ2) is 7.93. The van der Waals surface area contributed by atoms with Crippen molar-refractivity contribution in [3.63, 3.8) is 0 Å². The number of nitrogens with one attached hydrogen (secondary N) is 1. The summed E-state index contributed by atoms with van der Waals surface area (Å²) in [6.45, 7) is 21.7. The molecule has 0 amide bonds. The lowest BCUT2D eigenvalue weighted by atomic mass is 9.40. The van der Waals surface area contributed by atoms with Gasteiger partial charge in [-0.25, -0.2) is 0 Å². The zero-order valence-corrected chi connectivity index (χ0v) is 27.7. The molecule has 6 nitrogen and oxygen atoms in total. The van der Waals surface area contributed by atoms with Crippen molar-refractivity contribution >= 4 is 16.7 Å². The van der Waals surface area contributed by atoms with E-state index in [2.05, 4.69) is 79.1 Å². The number of rotatable bonds is 1. The van der Waals surface area contributed by atoms with Gasteiger partial charge in [0.15, 0.2) is 11.4 Å². The molecule has 2 aromatic rings. The summed E-state index contributed by atoms with van der Waals surface area (Å²) in [4.78, 5) is 18.1. The number of benzene rings is 1. The normalized spacial score (nSPS) is 48.8. The number of aromatic amines is 1. The van der Waals surface area contributed by atoms with Crippen LogP contribution in [0, 0.1) is 29.1 Å². The van der Waals surface area contributed by atoms with Gasteiger partial charge < -0.3 is 24.3 Å². The van der Waals surface area contributed by atoms with Crippen LogP contribution in [0.1, 0.15) is 108 Å². The van der Waals surface area contributed by atoms with Crippen molar-refractivity contribution < 1.29 is 24.1 Å². The second-order valence-corrected chi connectivity index (χ2v) is 17.4. The van der Waals surface area contributed by atoms with E-state index in [9.17, 15) is 9.90 Å². The van der Waals surface area contributed by atoms with Gasteiger partial charge in [0.1, 0.15) is 5.60 Å². The Labute approximate surface area is 261 Å². The first-order valence-corrected chi connectivity index (χ1v) is 17.2. The Morgan fingerprint density at radius 1 is 1.02 bits per heavy atom. The van der Waals surface area contributed by atoms with E-state index in [0.717, 1.165) is 55.2 Å². The number of carbonyl (C=O) groups is 1. The van der Waals surface area contributed by atoms with Gasteiger partial charge in [0, 0.05) is 44.8 Å². The van der Waals surface area contributed by atoms with Crippen molar-refractivity contribution in [2.24, 2.45) is 29.1 Å². The third-order valence-corrected chi connectivity index (χ3v) is 14.9. The molecule has 3 saturated heterocycles. The lowest BCUT2D eigenvalue weighted by Gasteiger charge is -2.66. The molecule has 44 heavy (non-hydrogen) atoms. The maximum Gasteiger partial charge on any atom is 0.169 e. The van der Waals surface area contributed by atoms with E-state index >= 15 is 0 Å². The van der Waals surface area contributed by atoms with Crippen molar-refractivity contribution in [3.05, 3.63) is 46.7 Å². The van der Waals surface area contributed by atoms with Crippen LogP contribution in [-0.4, -0.2) is 56.6 Å². The standard InChI is InChI=1S/C38H49NO5/c1-18(2)30-19(3)32-38(43-32)26(42-30)13-14-35(8)36(9)20(12-15-37(35,38)41)16-23-27-22-17-24-28(34(6,7)44-33(24,4)5)29(40)21(22)10-11-25(27)39-31(23)36/h10-11,19-20,24,26,28,30,32,39,41H,1,12-17H2,2-9H3/t19-,20+,24?,26?,28?,30?,32-,35-,36-,37+,38+/m1/s1. The minimum Gasteiger partial charge on any atom is -0.386 e. The summed E-state index contributed by atoms with van der Waals surface area (Å²) in [5.41, 5.74) is 3.75. The van der Waals surface area contributed by atoms with Crippen LogP contribution in [-0.2, 0) is 32.5 Å². The Bertz CT molecular complexity index is 1690. The van der Waals surface area contributed by atoms with E-state index < -0.39 is 22.2 Å². The molecule has 0 bridgehead atoms. The maximum absolute atomic E-state index is 14.2. The molecule has 4 aliphatic carbocycles.